The summed E-state index contributed by atoms with van der Waals surface area (Å²) in [5, 5.41) is 0. The number of ether oxygens (including phenoxy) is 1. The molecule has 0 radical (unpaired) electrons. The maximum Gasteiger partial charge on any atom is 0.0578 e. The fourth-order valence-electron chi connectivity index (χ4n) is 4.30. The van der Waals surface area contributed by atoms with Gasteiger partial charge in [0.1, 0.15) is 0 Å². The van der Waals surface area contributed by atoms with Crippen LogP contribution in [0, 0.1) is 11.8 Å². The second-order valence-electron chi connectivity index (χ2n) is 8.46. The summed E-state index contributed by atoms with van der Waals surface area (Å²) in [5.41, 5.74) is 0. The molecule has 0 aromatic heterocycles. The first-order valence-electron chi connectivity index (χ1n) is 10.1. The highest BCUT2D eigenvalue weighted by Crippen LogP contribution is 2.33. The highest BCUT2D eigenvalue weighted by atomic mass is 16.5. The number of rotatable bonds is 7. The predicted octanol–water partition coefficient (Wildman–Crippen LogP) is 4.02. The molecule has 1 saturated heterocycles. The van der Waals surface area contributed by atoms with Crippen molar-refractivity contribution in [1.29, 1.82) is 0 Å². The molecule has 2 fully saturated rings. The summed E-state index contributed by atoms with van der Waals surface area (Å²) >= 11 is 0. The Labute approximate surface area is 144 Å². The molecule has 0 spiro atoms. The second kappa shape index (κ2) is 9.39. The molecule has 2 rings (SSSR count). The van der Waals surface area contributed by atoms with E-state index in [0.717, 1.165) is 11.8 Å². The molecular weight excluding hydrogens is 284 g/mol. The van der Waals surface area contributed by atoms with Crippen LogP contribution in [0.3, 0.4) is 0 Å². The van der Waals surface area contributed by atoms with Crippen LogP contribution >= 0.6 is 0 Å². The van der Waals surface area contributed by atoms with Gasteiger partial charge in [-0.05, 0) is 78.2 Å². The SMILES string of the molecule is CC(C)OC1CCC([C@@H](C)CCN2CCN(C(C)C)CC2)CC1. The third kappa shape index (κ3) is 6.36. The van der Waals surface area contributed by atoms with Crippen molar-refractivity contribution in [2.75, 3.05) is 32.7 Å². The average molecular weight is 325 g/mol. The van der Waals surface area contributed by atoms with Crippen molar-refractivity contribution in [2.45, 2.75) is 85.0 Å². The van der Waals surface area contributed by atoms with Crippen LogP contribution in [0.4, 0.5) is 0 Å². The van der Waals surface area contributed by atoms with Gasteiger partial charge >= 0.3 is 0 Å². The molecular formula is C20H40N2O. The van der Waals surface area contributed by atoms with Crippen molar-refractivity contribution in [3.63, 3.8) is 0 Å². The van der Waals surface area contributed by atoms with E-state index >= 15 is 0 Å². The molecule has 23 heavy (non-hydrogen) atoms. The van der Waals surface area contributed by atoms with Gasteiger partial charge in [-0.1, -0.05) is 6.92 Å². The monoisotopic (exact) mass is 324 g/mol. The maximum atomic E-state index is 5.99. The molecule has 1 atom stereocenters. The smallest absolute Gasteiger partial charge is 0.0578 e. The van der Waals surface area contributed by atoms with Crippen molar-refractivity contribution >= 4 is 0 Å². The normalized spacial score (nSPS) is 29.3. The van der Waals surface area contributed by atoms with Crippen molar-refractivity contribution in [3.8, 4) is 0 Å². The Hall–Kier alpha value is -0.120. The molecule has 3 nitrogen and oxygen atoms in total. The largest absolute Gasteiger partial charge is 0.376 e. The van der Waals surface area contributed by atoms with Crippen LogP contribution in [0.25, 0.3) is 0 Å². The average Bonchev–Trinajstić information content (AvgIpc) is 2.53. The third-order valence-corrected chi connectivity index (χ3v) is 6.03. The number of hydrogen-bond donors (Lipinski definition) is 0. The zero-order chi connectivity index (χ0) is 16.8. The predicted molar refractivity (Wildman–Crippen MR) is 98.9 cm³/mol. The molecule has 1 heterocycles. The first-order valence-corrected chi connectivity index (χ1v) is 10.1. The van der Waals surface area contributed by atoms with Gasteiger partial charge in [0.2, 0.25) is 0 Å². The Kier molecular flexibility index (Phi) is 7.84. The van der Waals surface area contributed by atoms with Crippen LogP contribution in [0.1, 0.15) is 66.7 Å². The summed E-state index contributed by atoms with van der Waals surface area (Å²) in [6.07, 6.45) is 7.60. The van der Waals surface area contributed by atoms with Gasteiger partial charge in [-0.2, -0.15) is 0 Å². The van der Waals surface area contributed by atoms with Gasteiger partial charge in [0, 0.05) is 32.2 Å². The Morgan fingerprint density at radius 1 is 0.870 bits per heavy atom. The highest BCUT2D eigenvalue weighted by Gasteiger charge is 2.27. The molecule has 0 bridgehead atoms. The zero-order valence-corrected chi connectivity index (χ0v) is 16.3. The Balaban J connectivity index is 1.61. The van der Waals surface area contributed by atoms with Crippen molar-refractivity contribution < 1.29 is 4.74 Å². The lowest BCUT2D eigenvalue weighted by Gasteiger charge is -2.38. The van der Waals surface area contributed by atoms with E-state index in [1.165, 1.54) is 64.8 Å². The van der Waals surface area contributed by atoms with Gasteiger partial charge in [0.15, 0.2) is 0 Å². The Morgan fingerprint density at radius 2 is 1.48 bits per heavy atom. The fourth-order valence-corrected chi connectivity index (χ4v) is 4.30. The van der Waals surface area contributed by atoms with Crippen LogP contribution in [0.15, 0.2) is 0 Å². The molecule has 0 N–H and O–H groups in total. The fraction of sp³-hybridized carbons (Fsp3) is 1.00. The minimum absolute atomic E-state index is 0.387. The minimum atomic E-state index is 0.387. The molecule has 1 aliphatic carbocycles. The molecule has 0 unspecified atom stereocenters. The number of hydrogen-bond acceptors (Lipinski definition) is 3. The van der Waals surface area contributed by atoms with Crippen LogP contribution in [-0.2, 0) is 4.74 Å². The van der Waals surface area contributed by atoms with E-state index in [1.54, 1.807) is 0 Å². The van der Waals surface area contributed by atoms with E-state index < -0.39 is 0 Å². The van der Waals surface area contributed by atoms with Crippen molar-refractivity contribution in [1.82, 2.24) is 9.80 Å². The van der Waals surface area contributed by atoms with Gasteiger partial charge in [0.05, 0.1) is 12.2 Å². The quantitative estimate of drug-likeness (QED) is 0.703. The summed E-state index contributed by atoms with van der Waals surface area (Å²) in [6, 6.07) is 0.708. The van der Waals surface area contributed by atoms with Gasteiger partial charge in [-0.25, -0.2) is 0 Å². The van der Waals surface area contributed by atoms with E-state index in [-0.39, 0.29) is 0 Å². The standard InChI is InChI=1S/C20H40N2O/c1-16(2)22-14-12-21(13-15-22)11-10-18(5)19-6-8-20(9-7-19)23-17(3)4/h16-20H,6-15H2,1-5H3/t18-,19?,20?/m0/s1. The van der Waals surface area contributed by atoms with Crippen LogP contribution in [-0.4, -0.2) is 60.8 Å². The third-order valence-electron chi connectivity index (χ3n) is 6.03. The van der Waals surface area contributed by atoms with Crippen LogP contribution < -0.4 is 0 Å². The first-order chi connectivity index (χ1) is 11.0. The zero-order valence-electron chi connectivity index (χ0n) is 16.3. The number of nitrogens with zero attached hydrogens (tertiary/aromatic N) is 2. The van der Waals surface area contributed by atoms with Gasteiger partial charge in [-0.3, -0.25) is 4.90 Å². The van der Waals surface area contributed by atoms with E-state index in [0.29, 0.717) is 18.2 Å². The lowest BCUT2D eigenvalue weighted by molar-refractivity contribution is -0.0245. The summed E-state index contributed by atoms with van der Waals surface area (Å²) in [7, 11) is 0. The molecule has 1 saturated carbocycles. The molecule has 3 heteroatoms. The van der Waals surface area contributed by atoms with Gasteiger partial charge in [-0.15, -0.1) is 0 Å². The number of piperazine rings is 1. The topological polar surface area (TPSA) is 15.7 Å². The van der Waals surface area contributed by atoms with E-state index in [9.17, 15) is 0 Å². The minimum Gasteiger partial charge on any atom is -0.376 e. The van der Waals surface area contributed by atoms with Crippen LogP contribution in [0.2, 0.25) is 0 Å². The molecule has 0 amide bonds. The molecule has 1 aliphatic heterocycles. The summed E-state index contributed by atoms with van der Waals surface area (Å²) in [6.45, 7) is 17.8. The molecule has 0 aromatic rings. The summed E-state index contributed by atoms with van der Waals surface area (Å²) in [5.74, 6) is 1.80. The lowest BCUT2D eigenvalue weighted by atomic mass is 9.78. The molecule has 136 valence electrons. The summed E-state index contributed by atoms with van der Waals surface area (Å²) < 4.78 is 5.99. The second-order valence-corrected chi connectivity index (χ2v) is 8.46. The Bertz CT molecular complexity index is 316. The highest BCUT2D eigenvalue weighted by molar-refractivity contribution is 4.79. The lowest BCUT2D eigenvalue weighted by Crippen LogP contribution is -2.49. The van der Waals surface area contributed by atoms with Crippen LogP contribution in [0.5, 0.6) is 0 Å². The van der Waals surface area contributed by atoms with E-state index in [1.807, 2.05) is 0 Å². The first kappa shape index (κ1) is 19.2. The van der Waals surface area contributed by atoms with Crippen molar-refractivity contribution in [3.05, 3.63) is 0 Å². The Morgan fingerprint density at radius 3 is 2.00 bits per heavy atom. The van der Waals surface area contributed by atoms with E-state index in [2.05, 4.69) is 44.4 Å². The molecule has 2 aliphatic rings. The summed E-state index contributed by atoms with van der Waals surface area (Å²) in [4.78, 5) is 5.29. The van der Waals surface area contributed by atoms with Crippen molar-refractivity contribution in [2.24, 2.45) is 11.8 Å². The molecule has 0 aromatic carbocycles. The van der Waals surface area contributed by atoms with Gasteiger partial charge in [0.25, 0.3) is 0 Å². The van der Waals surface area contributed by atoms with E-state index in [4.69, 9.17) is 4.74 Å². The van der Waals surface area contributed by atoms with Gasteiger partial charge < -0.3 is 9.64 Å². The maximum absolute atomic E-state index is 5.99.